The number of aryl methyl sites for hydroxylation is 1. The van der Waals surface area contributed by atoms with Crippen molar-refractivity contribution in [2.24, 2.45) is 0 Å². The van der Waals surface area contributed by atoms with Crippen LogP contribution in [0.4, 0.5) is 4.79 Å². The van der Waals surface area contributed by atoms with Gasteiger partial charge in [0.2, 0.25) is 11.8 Å². The number of imide groups is 1. The van der Waals surface area contributed by atoms with Crippen LogP contribution >= 0.6 is 0 Å². The van der Waals surface area contributed by atoms with Crippen molar-refractivity contribution >= 4 is 28.8 Å². The van der Waals surface area contributed by atoms with Crippen molar-refractivity contribution in [3.8, 4) is 0 Å². The number of likely N-dealkylation sites (tertiary alicyclic amines) is 1. The highest BCUT2D eigenvalue weighted by Gasteiger charge is 2.30. The summed E-state index contributed by atoms with van der Waals surface area (Å²) in [4.78, 5) is 38.0. The second-order valence-corrected chi connectivity index (χ2v) is 9.70. The largest absolute Gasteiger partial charge is 0.444 e. The second-order valence-electron chi connectivity index (χ2n) is 9.70. The molecule has 1 aromatic carbocycles. The zero-order chi connectivity index (χ0) is 22.3. The van der Waals surface area contributed by atoms with Crippen LogP contribution in [-0.2, 0) is 14.3 Å². The standard InChI is InChI=1S/C24H31N3O4/c1-15-14-27(20-7-8-21(28)25-22(20)29)19-6-5-17(13-18(15)19)16-9-11-26(12-10-16)23(30)31-24(2,3)4/h5-6,13-14,16,20H,7-12H2,1-4H3,(H,25,28,29). The molecule has 1 atom stereocenters. The van der Waals surface area contributed by atoms with Crippen LogP contribution in [0.25, 0.3) is 10.9 Å². The molecule has 2 aromatic rings. The Morgan fingerprint density at radius 3 is 2.48 bits per heavy atom. The van der Waals surface area contributed by atoms with Crippen molar-refractivity contribution in [1.82, 2.24) is 14.8 Å². The maximum absolute atomic E-state index is 12.3. The summed E-state index contributed by atoms with van der Waals surface area (Å²) in [7, 11) is 0. The first-order valence-corrected chi connectivity index (χ1v) is 11.0. The minimum Gasteiger partial charge on any atom is -0.444 e. The molecule has 2 saturated heterocycles. The summed E-state index contributed by atoms with van der Waals surface area (Å²) in [6.45, 7) is 9.09. The fourth-order valence-electron chi connectivity index (χ4n) is 4.62. The Kier molecular flexibility index (Phi) is 5.54. The van der Waals surface area contributed by atoms with Gasteiger partial charge in [0.25, 0.3) is 0 Å². The van der Waals surface area contributed by atoms with Gasteiger partial charge in [0, 0.05) is 36.6 Å². The van der Waals surface area contributed by atoms with E-state index in [1.54, 1.807) is 4.90 Å². The summed E-state index contributed by atoms with van der Waals surface area (Å²) in [5.41, 5.74) is 2.92. The van der Waals surface area contributed by atoms with Gasteiger partial charge in [-0.25, -0.2) is 4.79 Å². The van der Waals surface area contributed by atoms with Crippen LogP contribution in [0.2, 0.25) is 0 Å². The highest BCUT2D eigenvalue weighted by atomic mass is 16.6. The van der Waals surface area contributed by atoms with Gasteiger partial charge in [-0.1, -0.05) is 6.07 Å². The first-order valence-electron chi connectivity index (χ1n) is 11.0. The predicted octanol–water partition coefficient (Wildman–Crippen LogP) is 4.04. The molecule has 0 radical (unpaired) electrons. The third-order valence-electron chi connectivity index (χ3n) is 6.22. The topological polar surface area (TPSA) is 80.6 Å². The van der Waals surface area contributed by atoms with Gasteiger partial charge in [0.1, 0.15) is 11.6 Å². The Bertz CT molecular complexity index is 1030. The molecule has 3 heterocycles. The normalized spacial score (nSPS) is 20.8. The van der Waals surface area contributed by atoms with Gasteiger partial charge in [-0.3, -0.25) is 14.9 Å². The number of ether oxygens (including phenoxy) is 1. The fourth-order valence-corrected chi connectivity index (χ4v) is 4.62. The van der Waals surface area contributed by atoms with Crippen molar-refractivity contribution in [3.63, 3.8) is 0 Å². The molecule has 31 heavy (non-hydrogen) atoms. The second kappa shape index (κ2) is 8.02. The van der Waals surface area contributed by atoms with E-state index in [-0.39, 0.29) is 23.9 Å². The molecular weight excluding hydrogens is 394 g/mol. The average Bonchev–Trinajstić information content (AvgIpc) is 3.03. The van der Waals surface area contributed by atoms with Crippen LogP contribution < -0.4 is 5.32 Å². The van der Waals surface area contributed by atoms with E-state index in [2.05, 4.69) is 30.4 Å². The lowest BCUT2D eigenvalue weighted by atomic mass is 9.88. The van der Waals surface area contributed by atoms with Crippen molar-refractivity contribution in [1.29, 1.82) is 0 Å². The summed E-state index contributed by atoms with van der Waals surface area (Å²) < 4.78 is 7.50. The van der Waals surface area contributed by atoms with E-state index in [9.17, 15) is 14.4 Å². The number of rotatable bonds is 2. The molecule has 7 nitrogen and oxygen atoms in total. The SMILES string of the molecule is Cc1cn(C2CCC(=O)NC2=O)c2ccc(C3CCN(C(=O)OC(C)(C)C)CC3)cc12. The maximum atomic E-state index is 12.3. The Balaban J connectivity index is 1.49. The summed E-state index contributed by atoms with van der Waals surface area (Å²) in [6, 6.07) is 6.09. The molecule has 1 unspecified atom stereocenters. The average molecular weight is 426 g/mol. The number of aromatic nitrogens is 1. The summed E-state index contributed by atoms with van der Waals surface area (Å²) in [5.74, 6) is -0.0392. The van der Waals surface area contributed by atoms with Crippen molar-refractivity contribution in [2.45, 2.75) is 70.9 Å². The summed E-state index contributed by atoms with van der Waals surface area (Å²) in [6.07, 6.45) is 4.47. The Morgan fingerprint density at radius 2 is 1.84 bits per heavy atom. The number of hydrogen-bond acceptors (Lipinski definition) is 4. The number of amides is 3. The van der Waals surface area contributed by atoms with Crippen molar-refractivity contribution < 1.29 is 19.1 Å². The molecule has 0 saturated carbocycles. The van der Waals surface area contributed by atoms with E-state index in [4.69, 9.17) is 4.74 Å². The van der Waals surface area contributed by atoms with Crippen LogP contribution in [0, 0.1) is 6.92 Å². The van der Waals surface area contributed by atoms with E-state index in [0.29, 0.717) is 31.8 Å². The highest BCUT2D eigenvalue weighted by Crippen LogP contribution is 2.34. The molecule has 166 valence electrons. The molecule has 2 aliphatic heterocycles. The van der Waals surface area contributed by atoms with Gasteiger partial charge < -0.3 is 14.2 Å². The van der Waals surface area contributed by atoms with Crippen LogP contribution in [-0.4, -0.2) is 46.1 Å². The van der Waals surface area contributed by atoms with Gasteiger partial charge in [-0.05, 0) is 76.1 Å². The highest BCUT2D eigenvalue weighted by molar-refractivity contribution is 6.00. The van der Waals surface area contributed by atoms with E-state index in [0.717, 1.165) is 29.3 Å². The predicted molar refractivity (Wildman–Crippen MR) is 118 cm³/mol. The van der Waals surface area contributed by atoms with Gasteiger partial charge in [0.05, 0.1) is 0 Å². The first-order chi connectivity index (χ1) is 14.6. The minimum atomic E-state index is -0.480. The van der Waals surface area contributed by atoms with E-state index >= 15 is 0 Å². The van der Waals surface area contributed by atoms with Gasteiger partial charge in [-0.15, -0.1) is 0 Å². The zero-order valence-electron chi connectivity index (χ0n) is 18.7. The molecule has 3 amide bonds. The zero-order valence-corrected chi connectivity index (χ0v) is 18.7. The molecule has 7 heteroatoms. The maximum Gasteiger partial charge on any atom is 0.410 e. The lowest BCUT2D eigenvalue weighted by Crippen LogP contribution is -2.41. The van der Waals surface area contributed by atoms with Gasteiger partial charge in [-0.2, -0.15) is 0 Å². The van der Waals surface area contributed by atoms with Crippen LogP contribution in [0.15, 0.2) is 24.4 Å². The Hall–Kier alpha value is -2.83. The van der Waals surface area contributed by atoms with Crippen molar-refractivity contribution in [3.05, 3.63) is 35.5 Å². The van der Waals surface area contributed by atoms with Gasteiger partial charge >= 0.3 is 6.09 Å². The summed E-state index contributed by atoms with van der Waals surface area (Å²) >= 11 is 0. The Labute approximate surface area is 182 Å². The number of carbonyl (C=O) groups is 3. The number of carbonyl (C=O) groups excluding carboxylic acids is 3. The number of fused-ring (bicyclic) bond motifs is 1. The molecule has 1 N–H and O–H groups in total. The lowest BCUT2D eigenvalue weighted by Gasteiger charge is -2.33. The van der Waals surface area contributed by atoms with Crippen molar-refractivity contribution in [2.75, 3.05) is 13.1 Å². The van der Waals surface area contributed by atoms with Crippen LogP contribution in [0.5, 0.6) is 0 Å². The molecule has 2 fully saturated rings. The Morgan fingerprint density at radius 1 is 1.13 bits per heavy atom. The third kappa shape index (κ3) is 4.45. The van der Waals surface area contributed by atoms with E-state index in [1.165, 1.54) is 5.56 Å². The fraction of sp³-hybridized carbons (Fsp3) is 0.542. The monoisotopic (exact) mass is 425 g/mol. The smallest absolute Gasteiger partial charge is 0.410 e. The number of hydrogen-bond donors (Lipinski definition) is 1. The number of nitrogens with one attached hydrogen (secondary N) is 1. The van der Waals surface area contributed by atoms with Crippen LogP contribution in [0.3, 0.4) is 0 Å². The van der Waals surface area contributed by atoms with Gasteiger partial charge in [0.15, 0.2) is 0 Å². The molecule has 1 aromatic heterocycles. The minimum absolute atomic E-state index is 0.200. The van der Waals surface area contributed by atoms with E-state index in [1.807, 2.05) is 31.5 Å². The van der Waals surface area contributed by atoms with E-state index < -0.39 is 5.60 Å². The number of piperidine rings is 2. The molecular formula is C24H31N3O4. The number of benzene rings is 1. The molecule has 2 aliphatic rings. The number of nitrogens with zero attached hydrogens (tertiary/aromatic N) is 2. The molecule has 0 spiro atoms. The van der Waals surface area contributed by atoms with Crippen LogP contribution in [0.1, 0.15) is 69.5 Å². The molecule has 0 aliphatic carbocycles. The quantitative estimate of drug-likeness (QED) is 0.737. The third-order valence-corrected chi connectivity index (χ3v) is 6.22. The molecule has 4 rings (SSSR count). The summed E-state index contributed by atoms with van der Waals surface area (Å²) in [5, 5.41) is 3.59. The first kappa shape index (κ1) is 21.4. The lowest BCUT2D eigenvalue weighted by molar-refractivity contribution is -0.135. The molecule has 0 bridgehead atoms.